The first-order chi connectivity index (χ1) is 21.9. The van der Waals surface area contributed by atoms with E-state index in [0.29, 0.717) is 30.9 Å². The summed E-state index contributed by atoms with van der Waals surface area (Å²) in [7, 11) is 6.20. The molecule has 0 aromatic heterocycles. The van der Waals surface area contributed by atoms with Crippen LogP contribution >= 0.6 is 0 Å². The highest BCUT2D eigenvalue weighted by molar-refractivity contribution is 5.98. The van der Waals surface area contributed by atoms with E-state index >= 15 is 0 Å². The number of carbonyl (C=O) groups is 1. The van der Waals surface area contributed by atoms with E-state index in [1.807, 2.05) is 56.6 Å². The molecule has 45 heavy (non-hydrogen) atoms. The minimum absolute atomic E-state index is 0.439. The number of carbonyl (C=O) groups excluding carboxylic acids is 1. The second-order valence-corrected chi connectivity index (χ2v) is 11.9. The molecule has 1 saturated carbocycles. The van der Waals surface area contributed by atoms with Crippen molar-refractivity contribution in [2.75, 3.05) is 47.4 Å². The number of nitrogens with one attached hydrogen (secondary N) is 1. The Morgan fingerprint density at radius 2 is 1.36 bits per heavy atom. The molecule has 0 heterocycles. The number of hydrogen-bond donors (Lipinski definition) is 1. The molecular weight excluding hydrogens is 558 g/mol. The van der Waals surface area contributed by atoms with Crippen LogP contribution in [0.25, 0.3) is 11.1 Å². The van der Waals surface area contributed by atoms with Gasteiger partial charge in [0.2, 0.25) is 0 Å². The van der Waals surface area contributed by atoms with Crippen LogP contribution in [0.1, 0.15) is 47.9 Å². The van der Waals surface area contributed by atoms with Gasteiger partial charge in [0.15, 0.2) is 0 Å². The second-order valence-electron chi connectivity index (χ2n) is 11.9. The smallest absolute Gasteiger partial charge is 0.412 e. The Balaban J connectivity index is 1.23. The van der Waals surface area contributed by atoms with Crippen LogP contribution in [0.15, 0.2) is 109 Å². The number of hydrogen-bond acceptors (Lipinski definition) is 5. The molecule has 234 valence electrons. The first-order valence-corrected chi connectivity index (χ1v) is 15.9. The molecule has 1 aliphatic rings. The Hall–Kier alpha value is -4.39. The quantitative estimate of drug-likeness (QED) is 0.151. The Labute approximate surface area is 268 Å². The summed E-state index contributed by atoms with van der Waals surface area (Å²) in [6.45, 7) is 4.99. The van der Waals surface area contributed by atoms with Crippen LogP contribution in [-0.2, 0) is 0 Å². The molecule has 0 spiro atoms. The lowest BCUT2D eigenvalue weighted by Crippen LogP contribution is -2.35. The van der Waals surface area contributed by atoms with Crippen molar-refractivity contribution < 1.29 is 14.3 Å². The van der Waals surface area contributed by atoms with Crippen LogP contribution in [0.2, 0.25) is 0 Å². The Morgan fingerprint density at radius 1 is 0.756 bits per heavy atom. The van der Waals surface area contributed by atoms with E-state index in [2.05, 4.69) is 95.8 Å². The monoisotopic (exact) mass is 603 g/mol. The van der Waals surface area contributed by atoms with Crippen LogP contribution in [-0.4, -0.2) is 69.3 Å². The van der Waals surface area contributed by atoms with E-state index in [0.717, 1.165) is 48.4 Å². The van der Waals surface area contributed by atoms with Crippen LogP contribution in [0, 0.1) is 0 Å². The lowest BCUT2D eigenvalue weighted by atomic mass is 9.88. The minimum atomic E-state index is -0.439. The zero-order chi connectivity index (χ0) is 31.6. The highest BCUT2D eigenvalue weighted by atomic mass is 16.6. The maximum Gasteiger partial charge on any atom is 0.412 e. The maximum atomic E-state index is 12.6. The summed E-state index contributed by atoms with van der Waals surface area (Å²) in [6.07, 6.45) is 1.58. The molecule has 0 radical (unpaired) electrons. The van der Waals surface area contributed by atoms with Gasteiger partial charge < -0.3 is 24.6 Å². The number of ether oxygens (including phenoxy) is 2. The number of allylic oxidation sites excluding steroid dienone is 1. The Kier molecular flexibility index (Phi) is 11.1. The van der Waals surface area contributed by atoms with Crippen LogP contribution in [0.4, 0.5) is 4.79 Å². The minimum Gasteiger partial charge on any atom is -0.492 e. The van der Waals surface area contributed by atoms with E-state index in [9.17, 15) is 4.79 Å². The van der Waals surface area contributed by atoms with E-state index in [1.54, 1.807) is 0 Å². The lowest BCUT2D eigenvalue weighted by Gasteiger charge is -2.18. The van der Waals surface area contributed by atoms with E-state index < -0.39 is 6.09 Å². The van der Waals surface area contributed by atoms with Gasteiger partial charge in [-0.15, -0.1) is 0 Å². The van der Waals surface area contributed by atoms with Gasteiger partial charge in [0.1, 0.15) is 18.1 Å². The first kappa shape index (κ1) is 32.0. The fourth-order valence-corrected chi connectivity index (χ4v) is 5.80. The van der Waals surface area contributed by atoms with Crippen molar-refractivity contribution in [2.24, 2.45) is 0 Å². The van der Waals surface area contributed by atoms with Gasteiger partial charge in [-0.25, -0.2) is 4.79 Å². The van der Waals surface area contributed by atoms with Crippen molar-refractivity contribution in [1.82, 2.24) is 15.1 Å². The fraction of sp³-hybridized carbons (Fsp3) is 0.308. The fourth-order valence-electron chi connectivity index (χ4n) is 5.80. The third kappa shape index (κ3) is 8.84. The van der Waals surface area contributed by atoms with Gasteiger partial charge in [0.05, 0.1) is 0 Å². The molecule has 1 fully saturated rings. The molecule has 2 unspecified atom stereocenters. The summed E-state index contributed by atoms with van der Waals surface area (Å²) in [5.41, 5.74) is 7.14. The molecule has 4 aromatic carbocycles. The predicted octanol–water partition coefficient (Wildman–Crippen LogP) is 7.57. The lowest BCUT2D eigenvalue weighted by molar-refractivity contribution is 0.198. The first-order valence-electron chi connectivity index (χ1n) is 15.9. The molecule has 4 aromatic rings. The topological polar surface area (TPSA) is 54.0 Å². The molecule has 0 saturated heterocycles. The van der Waals surface area contributed by atoms with Crippen molar-refractivity contribution in [3.63, 3.8) is 0 Å². The molecule has 5 rings (SSSR count). The van der Waals surface area contributed by atoms with E-state index in [4.69, 9.17) is 9.47 Å². The molecule has 1 N–H and O–H groups in total. The zero-order valence-corrected chi connectivity index (χ0v) is 26.9. The molecular formula is C39H45N3O3. The van der Waals surface area contributed by atoms with Gasteiger partial charge in [0, 0.05) is 31.6 Å². The SMILES string of the molecule is CC/C(=C(/c1ccc(OCCN(C)C)cc1)c1ccc(OC(=O)NCCN(C)C2CC2c2ccccc2)cc1)c1ccccc1. The van der Waals surface area contributed by atoms with Crippen molar-refractivity contribution in [3.05, 3.63) is 131 Å². The molecule has 0 bridgehead atoms. The third-order valence-electron chi connectivity index (χ3n) is 8.37. The van der Waals surface area contributed by atoms with E-state index in [-0.39, 0.29) is 0 Å². The number of rotatable bonds is 14. The summed E-state index contributed by atoms with van der Waals surface area (Å²) in [5, 5.41) is 2.91. The van der Waals surface area contributed by atoms with Gasteiger partial charge >= 0.3 is 6.09 Å². The van der Waals surface area contributed by atoms with Crippen molar-refractivity contribution in [3.8, 4) is 11.5 Å². The second kappa shape index (κ2) is 15.6. The third-order valence-corrected chi connectivity index (χ3v) is 8.37. The maximum absolute atomic E-state index is 12.6. The van der Waals surface area contributed by atoms with E-state index in [1.165, 1.54) is 16.7 Å². The zero-order valence-electron chi connectivity index (χ0n) is 26.9. The normalized spacial score (nSPS) is 16.3. The summed E-state index contributed by atoms with van der Waals surface area (Å²) in [6, 6.07) is 37.8. The van der Waals surface area contributed by atoms with Gasteiger partial charge in [-0.3, -0.25) is 0 Å². The summed E-state index contributed by atoms with van der Waals surface area (Å²) < 4.78 is 11.6. The molecule has 6 nitrogen and oxygen atoms in total. The standard InChI is InChI=1S/C39H45N3O3/c1-5-35(29-12-8-6-9-13-29)38(31-16-20-33(21-17-31)44-27-26-41(2)3)32-18-22-34(23-19-32)45-39(43)40-24-25-42(4)37-28-36(37)30-14-10-7-11-15-30/h6-23,36-37H,5,24-28H2,1-4H3,(H,40,43)/b38-35+. The number of amides is 1. The Bertz CT molecular complexity index is 1530. The summed E-state index contributed by atoms with van der Waals surface area (Å²) in [4.78, 5) is 17.0. The summed E-state index contributed by atoms with van der Waals surface area (Å²) >= 11 is 0. The molecule has 0 aliphatic heterocycles. The van der Waals surface area contributed by atoms with Gasteiger partial charge in [0.25, 0.3) is 0 Å². The number of nitrogens with zero attached hydrogens (tertiary/aromatic N) is 2. The summed E-state index contributed by atoms with van der Waals surface area (Å²) in [5.74, 6) is 1.94. The van der Waals surface area contributed by atoms with Crippen LogP contribution < -0.4 is 14.8 Å². The van der Waals surface area contributed by atoms with Crippen LogP contribution in [0.3, 0.4) is 0 Å². The van der Waals surface area contributed by atoms with Gasteiger partial charge in [-0.05, 0) is 91.7 Å². The highest BCUT2D eigenvalue weighted by Crippen LogP contribution is 2.43. The molecule has 1 amide bonds. The number of likely N-dealkylation sites (N-methyl/N-ethyl adjacent to an activating group) is 2. The molecule has 1 aliphatic carbocycles. The van der Waals surface area contributed by atoms with Gasteiger partial charge in [-0.2, -0.15) is 0 Å². The van der Waals surface area contributed by atoms with Crippen molar-refractivity contribution in [1.29, 1.82) is 0 Å². The van der Waals surface area contributed by atoms with Crippen molar-refractivity contribution >= 4 is 17.2 Å². The molecule has 2 atom stereocenters. The molecule has 6 heteroatoms. The largest absolute Gasteiger partial charge is 0.492 e. The van der Waals surface area contributed by atoms with Crippen LogP contribution in [0.5, 0.6) is 11.5 Å². The highest BCUT2D eigenvalue weighted by Gasteiger charge is 2.40. The van der Waals surface area contributed by atoms with Gasteiger partial charge in [-0.1, -0.05) is 91.9 Å². The van der Waals surface area contributed by atoms with Crippen molar-refractivity contribution in [2.45, 2.75) is 31.7 Å². The predicted molar refractivity (Wildman–Crippen MR) is 184 cm³/mol. The average molecular weight is 604 g/mol. The Morgan fingerprint density at radius 3 is 1.96 bits per heavy atom. The average Bonchev–Trinajstić information content (AvgIpc) is 3.87. The number of benzene rings is 4.